The molecule has 1 aromatic heterocycles. The summed E-state index contributed by atoms with van der Waals surface area (Å²) >= 11 is 0. The third-order valence-corrected chi connectivity index (χ3v) is 5.02. The lowest BCUT2D eigenvalue weighted by atomic mass is 9.91. The molecule has 1 aliphatic rings. The van der Waals surface area contributed by atoms with E-state index in [1.807, 2.05) is 83.4 Å². The Hall–Kier alpha value is -4.11. The Morgan fingerprint density at radius 1 is 0.966 bits per heavy atom. The van der Waals surface area contributed by atoms with E-state index in [-0.39, 0.29) is 5.91 Å². The SMILES string of the molecule is N#CC1C(=O)Nc2nc3ccccc3n2C1c1cccc(Oc2ccccc2)c1. The van der Waals surface area contributed by atoms with Crippen LogP contribution in [0.3, 0.4) is 0 Å². The van der Waals surface area contributed by atoms with Gasteiger partial charge >= 0.3 is 0 Å². The fourth-order valence-electron chi connectivity index (χ4n) is 3.75. The lowest BCUT2D eigenvalue weighted by molar-refractivity contribution is -0.119. The first kappa shape index (κ1) is 17.0. The summed E-state index contributed by atoms with van der Waals surface area (Å²) in [4.78, 5) is 17.1. The Balaban J connectivity index is 1.64. The zero-order valence-corrected chi connectivity index (χ0v) is 15.3. The van der Waals surface area contributed by atoms with Crippen LogP contribution in [0.4, 0.5) is 5.95 Å². The van der Waals surface area contributed by atoms with Gasteiger partial charge in [-0.2, -0.15) is 5.26 Å². The van der Waals surface area contributed by atoms with Crippen LogP contribution in [0, 0.1) is 17.2 Å². The van der Waals surface area contributed by atoms with E-state index < -0.39 is 12.0 Å². The summed E-state index contributed by atoms with van der Waals surface area (Å²) in [7, 11) is 0. The lowest BCUT2D eigenvalue weighted by Gasteiger charge is -2.30. The number of amides is 1. The first-order valence-corrected chi connectivity index (χ1v) is 9.25. The number of aromatic nitrogens is 2. The molecule has 6 heteroatoms. The number of ether oxygens (including phenoxy) is 1. The van der Waals surface area contributed by atoms with Gasteiger partial charge in [0.1, 0.15) is 11.5 Å². The quantitative estimate of drug-likeness (QED) is 0.567. The number of carbonyl (C=O) groups is 1. The fourth-order valence-corrected chi connectivity index (χ4v) is 3.75. The molecule has 0 radical (unpaired) electrons. The molecular weight excluding hydrogens is 364 g/mol. The van der Waals surface area contributed by atoms with Gasteiger partial charge in [0.05, 0.1) is 23.1 Å². The van der Waals surface area contributed by atoms with Crippen molar-refractivity contribution in [2.75, 3.05) is 5.32 Å². The molecule has 0 saturated carbocycles. The minimum atomic E-state index is -0.882. The topological polar surface area (TPSA) is 79.9 Å². The second kappa shape index (κ2) is 6.80. The number of para-hydroxylation sites is 3. The molecule has 2 heterocycles. The largest absolute Gasteiger partial charge is 0.457 e. The number of nitriles is 1. The molecule has 6 nitrogen and oxygen atoms in total. The van der Waals surface area contributed by atoms with Crippen LogP contribution in [0.5, 0.6) is 11.5 Å². The maximum absolute atomic E-state index is 12.6. The van der Waals surface area contributed by atoms with E-state index >= 15 is 0 Å². The van der Waals surface area contributed by atoms with Gasteiger partial charge in [-0.1, -0.05) is 42.5 Å². The van der Waals surface area contributed by atoms with Crippen LogP contribution < -0.4 is 10.1 Å². The Morgan fingerprint density at radius 2 is 1.72 bits per heavy atom. The minimum absolute atomic E-state index is 0.352. The van der Waals surface area contributed by atoms with Gasteiger partial charge in [-0.15, -0.1) is 0 Å². The van der Waals surface area contributed by atoms with Gasteiger partial charge in [-0.3, -0.25) is 10.1 Å². The van der Waals surface area contributed by atoms with Crippen molar-refractivity contribution >= 4 is 22.9 Å². The Labute approximate surface area is 167 Å². The standard InChI is InChI=1S/C23H16N4O2/c24-14-18-21(15-7-6-10-17(13-15)29-16-8-2-1-3-9-16)27-20-12-5-4-11-19(20)25-23(27)26-22(18)28/h1-13,18,21H,(H,25,26,28). The molecule has 29 heavy (non-hydrogen) atoms. The highest BCUT2D eigenvalue weighted by atomic mass is 16.5. The van der Waals surface area contributed by atoms with Gasteiger partial charge < -0.3 is 9.30 Å². The molecule has 0 aliphatic carbocycles. The number of nitrogens with one attached hydrogen (secondary N) is 1. The molecule has 0 bridgehead atoms. The van der Waals surface area contributed by atoms with Crippen LogP contribution >= 0.6 is 0 Å². The van der Waals surface area contributed by atoms with Crippen molar-refractivity contribution in [3.8, 4) is 17.6 Å². The van der Waals surface area contributed by atoms with Crippen LogP contribution in [0.2, 0.25) is 0 Å². The molecular formula is C23H16N4O2. The number of hydrogen-bond acceptors (Lipinski definition) is 4. The number of nitrogens with zero attached hydrogens (tertiary/aromatic N) is 3. The van der Waals surface area contributed by atoms with Gasteiger partial charge in [-0.05, 0) is 42.0 Å². The molecule has 140 valence electrons. The van der Waals surface area contributed by atoms with Crippen molar-refractivity contribution in [1.29, 1.82) is 5.26 Å². The molecule has 2 unspecified atom stereocenters. The van der Waals surface area contributed by atoms with Crippen molar-refractivity contribution in [2.45, 2.75) is 6.04 Å². The Kier molecular flexibility index (Phi) is 3.99. The number of carbonyl (C=O) groups excluding carboxylic acids is 1. The van der Waals surface area contributed by atoms with E-state index in [0.717, 1.165) is 22.3 Å². The molecule has 1 amide bonds. The summed E-state index contributed by atoms with van der Waals surface area (Å²) in [6, 6.07) is 26.3. The maximum atomic E-state index is 12.6. The smallest absolute Gasteiger partial charge is 0.246 e. The summed E-state index contributed by atoms with van der Waals surface area (Å²) in [6.45, 7) is 0. The average Bonchev–Trinajstić information content (AvgIpc) is 3.11. The van der Waals surface area contributed by atoms with E-state index in [1.54, 1.807) is 0 Å². The number of rotatable bonds is 3. The first-order valence-electron chi connectivity index (χ1n) is 9.25. The second-order valence-corrected chi connectivity index (χ2v) is 6.82. The van der Waals surface area contributed by atoms with Crippen LogP contribution in [0.15, 0.2) is 78.9 Å². The summed E-state index contributed by atoms with van der Waals surface area (Å²) in [6.07, 6.45) is 0. The van der Waals surface area contributed by atoms with E-state index in [2.05, 4.69) is 16.4 Å². The van der Waals surface area contributed by atoms with Crippen molar-refractivity contribution in [3.05, 3.63) is 84.4 Å². The molecule has 0 spiro atoms. The molecule has 0 saturated heterocycles. The molecule has 1 aliphatic heterocycles. The van der Waals surface area contributed by atoms with E-state index in [0.29, 0.717) is 11.7 Å². The zero-order valence-electron chi connectivity index (χ0n) is 15.3. The average molecular weight is 380 g/mol. The van der Waals surface area contributed by atoms with Crippen molar-refractivity contribution in [3.63, 3.8) is 0 Å². The monoisotopic (exact) mass is 380 g/mol. The maximum Gasteiger partial charge on any atom is 0.246 e. The highest BCUT2D eigenvalue weighted by molar-refractivity contribution is 5.97. The molecule has 5 rings (SSSR count). The van der Waals surface area contributed by atoms with Gasteiger partial charge in [-0.25, -0.2) is 4.98 Å². The Morgan fingerprint density at radius 3 is 2.55 bits per heavy atom. The fraction of sp³-hybridized carbons (Fsp3) is 0.0870. The van der Waals surface area contributed by atoms with Crippen molar-refractivity contribution in [1.82, 2.24) is 9.55 Å². The predicted molar refractivity (Wildman–Crippen MR) is 109 cm³/mol. The molecule has 0 fully saturated rings. The van der Waals surface area contributed by atoms with E-state index in [9.17, 15) is 10.1 Å². The van der Waals surface area contributed by atoms with Crippen molar-refractivity contribution < 1.29 is 9.53 Å². The second-order valence-electron chi connectivity index (χ2n) is 6.82. The zero-order chi connectivity index (χ0) is 19.8. The highest BCUT2D eigenvalue weighted by Gasteiger charge is 2.38. The van der Waals surface area contributed by atoms with E-state index in [4.69, 9.17) is 4.74 Å². The van der Waals surface area contributed by atoms with Crippen LogP contribution in [0.25, 0.3) is 11.0 Å². The first-order chi connectivity index (χ1) is 14.2. The number of hydrogen-bond donors (Lipinski definition) is 1. The predicted octanol–water partition coefficient (Wildman–Crippen LogP) is 4.51. The lowest BCUT2D eigenvalue weighted by Crippen LogP contribution is -2.37. The number of benzene rings is 3. The summed E-state index contributed by atoms with van der Waals surface area (Å²) < 4.78 is 7.88. The number of imidazole rings is 1. The van der Waals surface area contributed by atoms with Gasteiger partial charge in [0.2, 0.25) is 11.9 Å². The number of fused-ring (bicyclic) bond motifs is 3. The highest BCUT2D eigenvalue weighted by Crippen LogP contribution is 2.39. The van der Waals surface area contributed by atoms with Crippen LogP contribution in [0.1, 0.15) is 11.6 Å². The third kappa shape index (κ3) is 2.89. The molecule has 4 aromatic rings. The Bertz CT molecular complexity index is 1260. The third-order valence-electron chi connectivity index (χ3n) is 5.02. The summed E-state index contributed by atoms with van der Waals surface area (Å²) in [5.74, 6) is 0.572. The van der Waals surface area contributed by atoms with Gasteiger partial charge in [0, 0.05) is 0 Å². The summed E-state index contributed by atoms with van der Waals surface area (Å²) in [5.41, 5.74) is 2.44. The normalized spacial score (nSPS) is 18.0. The molecule has 2 atom stereocenters. The van der Waals surface area contributed by atoms with Gasteiger partial charge in [0.15, 0.2) is 5.92 Å². The van der Waals surface area contributed by atoms with Crippen molar-refractivity contribution in [2.24, 2.45) is 5.92 Å². The van der Waals surface area contributed by atoms with Gasteiger partial charge in [0.25, 0.3) is 0 Å². The summed E-state index contributed by atoms with van der Waals surface area (Å²) in [5, 5.41) is 12.5. The number of anilines is 1. The van der Waals surface area contributed by atoms with Crippen LogP contribution in [-0.4, -0.2) is 15.5 Å². The van der Waals surface area contributed by atoms with E-state index in [1.165, 1.54) is 0 Å². The minimum Gasteiger partial charge on any atom is -0.457 e. The van der Waals surface area contributed by atoms with Crippen LogP contribution in [-0.2, 0) is 4.79 Å². The molecule has 1 N–H and O–H groups in total. The molecule has 3 aromatic carbocycles.